The number of aromatic amines is 1. The van der Waals surface area contributed by atoms with Crippen molar-refractivity contribution < 1.29 is 5.11 Å². The molecule has 4 nitrogen and oxygen atoms in total. The third-order valence-electron chi connectivity index (χ3n) is 3.02. The van der Waals surface area contributed by atoms with E-state index in [4.69, 9.17) is 0 Å². The van der Waals surface area contributed by atoms with Crippen LogP contribution in [0, 0.1) is 0 Å². The zero-order valence-electron chi connectivity index (χ0n) is 10.6. The number of hydrogen-bond acceptors (Lipinski definition) is 3. The van der Waals surface area contributed by atoms with Crippen molar-refractivity contribution in [1.29, 1.82) is 0 Å². The second-order valence-corrected chi connectivity index (χ2v) is 4.35. The van der Waals surface area contributed by atoms with Crippen LogP contribution in [0.25, 0.3) is 22.5 Å². The standard InChI is InChI=1S/C16H12N2O2/c19-15-13(11-7-3-1-4-8-11)17-16(20)18-14(15)12-9-5-2-6-10-12/h1-10,19H,(H,17,18,20). The number of nitrogens with zero attached hydrogens (tertiary/aromatic N) is 1. The fraction of sp³-hybridized carbons (Fsp3) is 0. The molecule has 20 heavy (non-hydrogen) atoms. The monoisotopic (exact) mass is 264 g/mol. The van der Waals surface area contributed by atoms with Gasteiger partial charge < -0.3 is 10.1 Å². The number of hydrogen-bond donors (Lipinski definition) is 2. The molecule has 2 N–H and O–H groups in total. The van der Waals surface area contributed by atoms with Crippen LogP contribution in [0.3, 0.4) is 0 Å². The van der Waals surface area contributed by atoms with Crippen LogP contribution < -0.4 is 5.69 Å². The first-order valence-corrected chi connectivity index (χ1v) is 6.20. The number of rotatable bonds is 2. The quantitative estimate of drug-likeness (QED) is 0.748. The van der Waals surface area contributed by atoms with Crippen molar-refractivity contribution in [3.8, 4) is 28.3 Å². The van der Waals surface area contributed by atoms with Gasteiger partial charge in [0.25, 0.3) is 0 Å². The van der Waals surface area contributed by atoms with Gasteiger partial charge >= 0.3 is 5.69 Å². The number of aromatic nitrogens is 2. The molecule has 3 aromatic rings. The van der Waals surface area contributed by atoms with Gasteiger partial charge in [-0.3, -0.25) is 0 Å². The molecule has 0 bridgehead atoms. The minimum absolute atomic E-state index is 0.0259. The van der Waals surface area contributed by atoms with E-state index in [1.54, 1.807) is 12.1 Å². The lowest BCUT2D eigenvalue weighted by atomic mass is 10.1. The molecule has 98 valence electrons. The van der Waals surface area contributed by atoms with E-state index in [0.29, 0.717) is 11.3 Å². The van der Waals surface area contributed by atoms with E-state index in [-0.39, 0.29) is 11.4 Å². The maximum atomic E-state index is 11.7. The van der Waals surface area contributed by atoms with Crippen LogP contribution in [0.1, 0.15) is 0 Å². The molecule has 0 spiro atoms. The Balaban J connectivity index is 2.24. The van der Waals surface area contributed by atoms with Crippen LogP contribution in [-0.4, -0.2) is 15.1 Å². The fourth-order valence-electron chi connectivity index (χ4n) is 2.08. The molecule has 0 atom stereocenters. The highest BCUT2D eigenvalue weighted by atomic mass is 16.3. The van der Waals surface area contributed by atoms with Gasteiger partial charge in [-0.15, -0.1) is 0 Å². The van der Waals surface area contributed by atoms with E-state index in [9.17, 15) is 9.90 Å². The van der Waals surface area contributed by atoms with Crippen molar-refractivity contribution in [3.63, 3.8) is 0 Å². The Morgan fingerprint density at radius 2 is 1.40 bits per heavy atom. The summed E-state index contributed by atoms with van der Waals surface area (Å²) in [5.41, 5.74) is 1.62. The Labute approximate surface area is 115 Å². The van der Waals surface area contributed by atoms with Gasteiger partial charge in [0.05, 0.1) is 5.69 Å². The summed E-state index contributed by atoms with van der Waals surface area (Å²) in [6.45, 7) is 0. The number of benzene rings is 2. The van der Waals surface area contributed by atoms with Crippen LogP contribution >= 0.6 is 0 Å². The number of aromatic hydroxyl groups is 1. The van der Waals surface area contributed by atoms with Crippen LogP contribution in [0.15, 0.2) is 65.5 Å². The Hall–Kier alpha value is -2.88. The largest absolute Gasteiger partial charge is 0.504 e. The van der Waals surface area contributed by atoms with Gasteiger partial charge in [-0.1, -0.05) is 60.7 Å². The topological polar surface area (TPSA) is 66.0 Å². The fourth-order valence-corrected chi connectivity index (χ4v) is 2.08. The second-order valence-electron chi connectivity index (χ2n) is 4.35. The summed E-state index contributed by atoms with van der Waals surface area (Å²) in [7, 11) is 0. The Bertz CT molecular complexity index is 717. The SMILES string of the molecule is O=c1nc(-c2ccccc2)c(O)c(-c2ccccc2)[nH]1. The molecular weight excluding hydrogens is 252 g/mol. The number of nitrogens with one attached hydrogen (secondary N) is 1. The molecule has 0 radical (unpaired) electrons. The highest BCUT2D eigenvalue weighted by molar-refractivity contribution is 5.76. The van der Waals surface area contributed by atoms with Gasteiger partial charge in [-0.05, 0) is 0 Å². The van der Waals surface area contributed by atoms with Crippen molar-refractivity contribution in [2.75, 3.05) is 0 Å². The molecule has 0 fully saturated rings. The van der Waals surface area contributed by atoms with Gasteiger partial charge in [-0.25, -0.2) is 4.79 Å². The second kappa shape index (κ2) is 5.01. The van der Waals surface area contributed by atoms with Gasteiger partial charge in [0.15, 0.2) is 5.75 Å². The average molecular weight is 264 g/mol. The minimum Gasteiger partial charge on any atom is -0.504 e. The van der Waals surface area contributed by atoms with Gasteiger partial charge in [0.2, 0.25) is 0 Å². The van der Waals surface area contributed by atoms with Crippen LogP contribution in [-0.2, 0) is 0 Å². The summed E-state index contributed by atoms with van der Waals surface area (Å²) in [5, 5.41) is 10.4. The van der Waals surface area contributed by atoms with E-state index in [0.717, 1.165) is 5.56 Å². The van der Waals surface area contributed by atoms with Gasteiger partial charge in [0.1, 0.15) is 5.69 Å². The Kier molecular flexibility index (Phi) is 3.05. The van der Waals surface area contributed by atoms with Crippen LogP contribution in [0.2, 0.25) is 0 Å². The summed E-state index contributed by atoms with van der Waals surface area (Å²) in [6.07, 6.45) is 0. The first-order chi connectivity index (χ1) is 9.75. The Morgan fingerprint density at radius 3 is 2.00 bits per heavy atom. The van der Waals surface area contributed by atoms with Crippen molar-refractivity contribution in [1.82, 2.24) is 9.97 Å². The van der Waals surface area contributed by atoms with E-state index in [1.165, 1.54) is 0 Å². The predicted octanol–water partition coefficient (Wildman–Crippen LogP) is 2.81. The van der Waals surface area contributed by atoms with E-state index in [2.05, 4.69) is 9.97 Å². The molecule has 0 unspecified atom stereocenters. The maximum absolute atomic E-state index is 11.7. The summed E-state index contributed by atoms with van der Waals surface area (Å²) in [6, 6.07) is 18.3. The molecule has 0 aliphatic carbocycles. The first-order valence-electron chi connectivity index (χ1n) is 6.20. The van der Waals surface area contributed by atoms with Crippen molar-refractivity contribution in [2.45, 2.75) is 0 Å². The molecule has 0 saturated heterocycles. The molecule has 3 rings (SSSR count). The lowest BCUT2D eigenvalue weighted by Gasteiger charge is -2.08. The maximum Gasteiger partial charge on any atom is 0.346 e. The third kappa shape index (κ3) is 2.19. The highest BCUT2D eigenvalue weighted by Gasteiger charge is 2.14. The highest BCUT2D eigenvalue weighted by Crippen LogP contribution is 2.33. The van der Waals surface area contributed by atoms with Crippen LogP contribution in [0.4, 0.5) is 0 Å². The molecule has 2 aromatic carbocycles. The van der Waals surface area contributed by atoms with Gasteiger partial charge in [-0.2, -0.15) is 4.98 Å². The zero-order valence-corrected chi connectivity index (χ0v) is 10.6. The summed E-state index contributed by atoms with van der Waals surface area (Å²) in [4.78, 5) is 18.2. The normalized spacial score (nSPS) is 10.4. The molecule has 0 amide bonds. The van der Waals surface area contributed by atoms with E-state index in [1.807, 2.05) is 48.5 Å². The smallest absolute Gasteiger partial charge is 0.346 e. The van der Waals surface area contributed by atoms with Crippen molar-refractivity contribution in [3.05, 3.63) is 71.1 Å². The molecular formula is C16H12N2O2. The Morgan fingerprint density at radius 1 is 0.850 bits per heavy atom. The lowest BCUT2D eigenvalue weighted by molar-refractivity contribution is 0.473. The van der Waals surface area contributed by atoms with E-state index >= 15 is 0 Å². The van der Waals surface area contributed by atoms with Gasteiger partial charge in [0, 0.05) is 11.1 Å². The summed E-state index contributed by atoms with van der Waals surface area (Å²) < 4.78 is 0. The number of H-pyrrole nitrogens is 1. The third-order valence-corrected chi connectivity index (χ3v) is 3.02. The van der Waals surface area contributed by atoms with Crippen LogP contribution in [0.5, 0.6) is 5.75 Å². The average Bonchev–Trinajstić information content (AvgIpc) is 2.51. The molecule has 0 aliphatic heterocycles. The molecule has 1 aromatic heterocycles. The van der Waals surface area contributed by atoms with Crippen molar-refractivity contribution >= 4 is 0 Å². The van der Waals surface area contributed by atoms with Crippen molar-refractivity contribution in [2.24, 2.45) is 0 Å². The molecule has 1 heterocycles. The molecule has 0 aliphatic rings. The predicted molar refractivity (Wildman–Crippen MR) is 77.4 cm³/mol. The van der Waals surface area contributed by atoms with E-state index < -0.39 is 5.69 Å². The zero-order chi connectivity index (χ0) is 13.9. The summed E-state index contributed by atoms with van der Waals surface area (Å²) >= 11 is 0. The first kappa shape index (κ1) is 12.2. The lowest BCUT2D eigenvalue weighted by Crippen LogP contribution is -2.12. The molecule has 0 saturated carbocycles. The molecule has 4 heteroatoms. The minimum atomic E-state index is -0.486. The summed E-state index contributed by atoms with van der Waals surface area (Å²) in [5.74, 6) is -0.0259.